The monoisotopic (exact) mass is 287 g/mol. The summed E-state index contributed by atoms with van der Waals surface area (Å²) in [7, 11) is 0. The lowest BCUT2D eigenvalue weighted by molar-refractivity contribution is -0.117. The van der Waals surface area contributed by atoms with E-state index in [0.29, 0.717) is 6.42 Å². The van der Waals surface area contributed by atoms with Crippen molar-refractivity contribution in [2.75, 3.05) is 11.4 Å². The van der Waals surface area contributed by atoms with E-state index in [2.05, 4.69) is 11.1 Å². The molecule has 1 atom stereocenters. The van der Waals surface area contributed by atoms with Gasteiger partial charge in [0.05, 0.1) is 18.2 Å². The Morgan fingerprint density at radius 1 is 1.50 bits per heavy atom. The van der Waals surface area contributed by atoms with Gasteiger partial charge in [-0.1, -0.05) is 18.2 Å². The largest absolute Gasteiger partial charge is 0.322 e. The molecular formula is C15H17N3OS. The lowest BCUT2D eigenvalue weighted by Crippen LogP contribution is -2.30. The summed E-state index contributed by atoms with van der Waals surface area (Å²) in [5.41, 5.74) is 8.90. The molecule has 5 heteroatoms. The van der Waals surface area contributed by atoms with E-state index in [9.17, 15) is 4.79 Å². The molecule has 0 aliphatic carbocycles. The summed E-state index contributed by atoms with van der Waals surface area (Å²) in [5, 5.41) is 2.81. The van der Waals surface area contributed by atoms with Gasteiger partial charge in [0, 0.05) is 17.6 Å². The van der Waals surface area contributed by atoms with Crippen LogP contribution < -0.4 is 10.6 Å². The highest BCUT2D eigenvalue weighted by molar-refractivity contribution is 7.09. The number of rotatable bonds is 3. The zero-order chi connectivity index (χ0) is 14.1. The summed E-state index contributed by atoms with van der Waals surface area (Å²) >= 11 is 1.52. The number of amides is 1. The van der Waals surface area contributed by atoms with Crippen molar-refractivity contribution in [1.82, 2.24) is 4.98 Å². The number of para-hydroxylation sites is 1. The van der Waals surface area contributed by atoms with Crippen molar-refractivity contribution < 1.29 is 4.79 Å². The van der Waals surface area contributed by atoms with Crippen LogP contribution in [0.3, 0.4) is 0 Å². The first-order valence-corrected chi connectivity index (χ1v) is 7.61. The van der Waals surface area contributed by atoms with E-state index < -0.39 is 0 Å². The van der Waals surface area contributed by atoms with E-state index in [1.165, 1.54) is 16.9 Å². The van der Waals surface area contributed by atoms with Gasteiger partial charge in [-0.05, 0) is 25.0 Å². The van der Waals surface area contributed by atoms with Crippen LogP contribution in [0.25, 0.3) is 0 Å². The number of nitrogens with two attached hydrogens (primary N) is 1. The molecule has 1 aliphatic heterocycles. The third-order valence-corrected chi connectivity index (χ3v) is 4.57. The first-order chi connectivity index (χ1) is 9.65. The molecule has 0 saturated carbocycles. The fourth-order valence-electron chi connectivity index (χ4n) is 2.46. The number of anilines is 1. The SMILES string of the molecule is CC(N)c1nc(CC(=O)N2CCc3ccccc32)cs1. The van der Waals surface area contributed by atoms with Gasteiger partial charge in [-0.2, -0.15) is 0 Å². The van der Waals surface area contributed by atoms with Gasteiger partial charge in [0.25, 0.3) is 0 Å². The molecule has 1 aliphatic rings. The topological polar surface area (TPSA) is 59.2 Å². The zero-order valence-corrected chi connectivity index (χ0v) is 12.2. The Hall–Kier alpha value is -1.72. The van der Waals surface area contributed by atoms with Gasteiger partial charge in [-0.3, -0.25) is 4.79 Å². The molecule has 3 rings (SSSR count). The van der Waals surface area contributed by atoms with Crippen molar-refractivity contribution in [3.8, 4) is 0 Å². The molecule has 4 nitrogen and oxygen atoms in total. The molecule has 1 amide bonds. The molecule has 0 saturated heterocycles. The average molecular weight is 287 g/mol. The minimum absolute atomic E-state index is 0.0728. The number of aromatic nitrogens is 1. The molecule has 0 bridgehead atoms. The van der Waals surface area contributed by atoms with Crippen molar-refractivity contribution in [2.45, 2.75) is 25.8 Å². The van der Waals surface area contributed by atoms with Crippen molar-refractivity contribution in [2.24, 2.45) is 5.73 Å². The molecule has 2 N–H and O–H groups in total. The first-order valence-electron chi connectivity index (χ1n) is 6.73. The first kappa shape index (κ1) is 13.3. The standard InChI is InChI=1S/C15H17N3OS/c1-10(16)15-17-12(9-20-15)8-14(19)18-7-6-11-4-2-3-5-13(11)18/h2-5,9-10H,6-8,16H2,1H3. The molecule has 0 fully saturated rings. The van der Waals surface area contributed by atoms with Crippen molar-refractivity contribution in [3.05, 3.63) is 45.9 Å². The highest BCUT2D eigenvalue weighted by Gasteiger charge is 2.24. The summed E-state index contributed by atoms with van der Waals surface area (Å²) in [6, 6.07) is 8.01. The Morgan fingerprint density at radius 2 is 2.30 bits per heavy atom. The number of carbonyl (C=O) groups is 1. The molecule has 1 aromatic carbocycles. The molecule has 2 aromatic rings. The fourth-order valence-corrected chi connectivity index (χ4v) is 3.24. The predicted molar refractivity (Wildman–Crippen MR) is 80.9 cm³/mol. The average Bonchev–Trinajstić information content (AvgIpc) is 3.04. The second-order valence-corrected chi connectivity index (χ2v) is 5.96. The third-order valence-electron chi connectivity index (χ3n) is 3.48. The van der Waals surface area contributed by atoms with Gasteiger partial charge in [-0.15, -0.1) is 11.3 Å². The number of hydrogen-bond acceptors (Lipinski definition) is 4. The van der Waals surface area contributed by atoms with Gasteiger partial charge in [0.2, 0.25) is 5.91 Å². The molecular weight excluding hydrogens is 270 g/mol. The number of thiazole rings is 1. The Kier molecular flexibility index (Phi) is 3.54. The van der Waals surface area contributed by atoms with Crippen LogP contribution >= 0.6 is 11.3 Å². The minimum atomic E-state index is -0.0728. The number of benzene rings is 1. The summed E-state index contributed by atoms with van der Waals surface area (Å²) < 4.78 is 0. The smallest absolute Gasteiger partial charge is 0.233 e. The van der Waals surface area contributed by atoms with Crippen LogP contribution in [0.1, 0.15) is 29.2 Å². The molecule has 0 radical (unpaired) electrons. The summed E-state index contributed by atoms with van der Waals surface area (Å²) in [4.78, 5) is 18.7. The lowest BCUT2D eigenvalue weighted by atomic mass is 10.2. The second-order valence-electron chi connectivity index (χ2n) is 5.07. The van der Waals surface area contributed by atoms with Crippen LogP contribution in [0.15, 0.2) is 29.6 Å². The van der Waals surface area contributed by atoms with E-state index in [1.807, 2.05) is 35.4 Å². The summed E-state index contributed by atoms with van der Waals surface area (Å²) in [6.45, 7) is 2.67. The maximum Gasteiger partial charge on any atom is 0.233 e. The van der Waals surface area contributed by atoms with E-state index in [-0.39, 0.29) is 11.9 Å². The van der Waals surface area contributed by atoms with Crippen molar-refractivity contribution in [3.63, 3.8) is 0 Å². The van der Waals surface area contributed by atoms with Crippen LogP contribution in [0.4, 0.5) is 5.69 Å². The summed E-state index contributed by atoms with van der Waals surface area (Å²) in [6.07, 6.45) is 1.28. The number of fused-ring (bicyclic) bond motifs is 1. The predicted octanol–water partition coefficient (Wildman–Crippen LogP) is 2.29. The zero-order valence-electron chi connectivity index (χ0n) is 11.4. The van der Waals surface area contributed by atoms with Crippen LogP contribution in [-0.4, -0.2) is 17.4 Å². The van der Waals surface area contributed by atoms with Gasteiger partial charge in [0.15, 0.2) is 0 Å². The number of nitrogens with zero attached hydrogens (tertiary/aromatic N) is 2. The summed E-state index contributed by atoms with van der Waals surface area (Å²) in [5.74, 6) is 0.108. The molecule has 0 spiro atoms. The molecule has 20 heavy (non-hydrogen) atoms. The van der Waals surface area contributed by atoms with E-state index in [0.717, 1.165) is 29.4 Å². The van der Waals surface area contributed by atoms with Gasteiger partial charge in [-0.25, -0.2) is 4.98 Å². The van der Waals surface area contributed by atoms with Crippen molar-refractivity contribution in [1.29, 1.82) is 0 Å². The van der Waals surface area contributed by atoms with E-state index >= 15 is 0 Å². The Bertz CT molecular complexity index is 636. The lowest BCUT2D eigenvalue weighted by Gasteiger charge is -2.16. The minimum Gasteiger partial charge on any atom is -0.322 e. The molecule has 104 valence electrons. The molecule has 1 aromatic heterocycles. The highest BCUT2D eigenvalue weighted by Crippen LogP contribution is 2.28. The highest BCUT2D eigenvalue weighted by atomic mass is 32.1. The number of hydrogen-bond donors (Lipinski definition) is 1. The molecule has 1 unspecified atom stereocenters. The maximum atomic E-state index is 12.4. The van der Waals surface area contributed by atoms with Gasteiger partial charge >= 0.3 is 0 Å². The normalized spacial score (nSPS) is 15.2. The Labute approximate surface area is 122 Å². The van der Waals surface area contributed by atoms with Gasteiger partial charge in [0.1, 0.15) is 5.01 Å². The molecule has 2 heterocycles. The third kappa shape index (κ3) is 2.46. The maximum absolute atomic E-state index is 12.4. The van der Waals surface area contributed by atoms with E-state index in [1.54, 1.807) is 0 Å². The van der Waals surface area contributed by atoms with Crippen LogP contribution in [0.5, 0.6) is 0 Å². The van der Waals surface area contributed by atoms with Crippen LogP contribution in [0, 0.1) is 0 Å². The van der Waals surface area contributed by atoms with Crippen LogP contribution in [0.2, 0.25) is 0 Å². The fraction of sp³-hybridized carbons (Fsp3) is 0.333. The van der Waals surface area contributed by atoms with Crippen LogP contribution in [-0.2, 0) is 17.6 Å². The Balaban J connectivity index is 1.74. The number of carbonyl (C=O) groups excluding carboxylic acids is 1. The quantitative estimate of drug-likeness (QED) is 0.942. The van der Waals surface area contributed by atoms with Crippen molar-refractivity contribution >= 4 is 22.9 Å². The Morgan fingerprint density at radius 3 is 3.05 bits per heavy atom. The van der Waals surface area contributed by atoms with Gasteiger partial charge < -0.3 is 10.6 Å². The second kappa shape index (κ2) is 5.34. The van der Waals surface area contributed by atoms with E-state index in [4.69, 9.17) is 5.73 Å².